The molecule has 1 aromatic carbocycles. The van der Waals surface area contributed by atoms with E-state index in [2.05, 4.69) is 11.9 Å². The molecule has 21 heavy (non-hydrogen) atoms. The molecule has 4 heteroatoms. The monoisotopic (exact) mass is 289 g/mol. The van der Waals surface area contributed by atoms with Crippen molar-refractivity contribution in [1.29, 1.82) is 0 Å². The molecule has 4 nitrogen and oxygen atoms in total. The van der Waals surface area contributed by atoms with Crippen molar-refractivity contribution in [3.8, 4) is 0 Å². The number of carbonyl (C=O) groups excluding carboxylic acids is 1. The van der Waals surface area contributed by atoms with Crippen LogP contribution in [0, 0.1) is 0 Å². The normalized spacial score (nSPS) is 30.1. The quantitative estimate of drug-likeness (QED) is 0.861. The van der Waals surface area contributed by atoms with Crippen LogP contribution in [0.2, 0.25) is 0 Å². The van der Waals surface area contributed by atoms with Crippen molar-refractivity contribution >= 4 is 5.97 Å². The van der Waals surface area contributed by atoms with Gasteiger partial charge in [-0.1, -0.05) is 30.3 Å². The van der Waals surface area contributed by atoms with E-state index >= 15 is 0 Å². The lowest BCUT2D eigenvalue weighted by Crippen LogP contribution is -2.43. The van der Waals surface area contributed by atoms with Gasteiger partial charge in [0, 0.05) is 12.1 Å². The van der Waals surface area contributed by atoms with Crippen LogP contribution in [-0.2, 0) is 9.53 Å². The van der Waals surface area contributed by atoms with Gasteiger partial charge in [-0.3, -0.25) is 4.79 Å². The Kier molecular flexibility index (Phi) is 4.27. The molecular weight excluding hydrogens is 266 g/mol. The Hall–Kier alpha value is -1.39. The fourth-order valence-electron chi connectivity index (χ4n) is 3.71. The maximum atomic E-state index is 12.4. The predicted octanol–water partition coefficient (Wildman–Crippen LogP) is 1.93. The lowest BCUT2D eigenvalue weighted by Gasteiger charge is -2.36. The summed E-state index contributed by atoms with van der Waals surface area (Å²) < 4.78 is 5.70. The fraction of sp³-hybridized carbons (Fsp3) is 0.588. The SMILES string of the molecule is CN1C2CC[C@@H]1C[C@@H](OC(=O)[C@H](CO)c1ccccc1)C2. The van der Waals surface area contributed by atoms with Crippen LogP contribution in [0.25, 0.3) is 0 Å². The van der Waals surface area contributed by atoms with Crippen LogP contribution in [0.15, 0.2) is 30.3 Å². The van der Waals surface area contributed by atoms with Crippen LogP contribution in [0.1, 0.15) is 37.2 Å². The topological polar surface area (TPSA) is 49.8 Å². The van der Waals surface area contributed by atoms with Gasteiger partial charge in [0.15, 0.2) is 0 Å². The maximum absolute atomic E-state index is 12.4. The van der Waals surface area contributed by atoms with Gasteiger partial charge >= 0.3 is 5.97 Å². The number of carbonyl (C=O) groups is 1. The standard InChI is InChI=1S/C17H23NO3/c1-18-13-7-8-14(18)10-15(9-13)21-17(20)16(11-19)12-5-3-2-4-6-12/h2-6,13-16,19H,7-11H2,1H3/t13-,14?,15-,16-/m1/s1. The predicted molar refractivity (Wildman–Crippen MR) is 80.0 cm³/mol. The van der Waals surface area contributed by atoms with E-state index in [1.807, 2.05) is 30.3 Å². The molecule has 0 aliphatic carbocycles. The van der Waals surface area contributed by atoms with E-state index in [1.165, 1.54) is 12.8 Å². The minimum Gasteiger partial charge on any atom is -0.462 e. The molecule has 0 spiro atoms. The molecule has 0 amide bonds. The summed E-state index contributed by atoms with van der Waals surface area (Å²) in [6, 6.07) is 10.5. The summed E-state index contributed by atoms with van der Waals surface area (Å²) in [6.07, 6.45) is 4.26. The molecule has 1 N–H and O–H groups in total. The Morgan fingerprint density at radius 1 is 1.29 bits per heavy atom. The van der Waals surface area contributed by atoms with Gasteiger partial charge in [-0.05, 0) is 38.3 Å². The molecule has 1 unspecified atom stereocenters. The summed E-state index contributed by atoms with van der Waals surface area (Å²) in [5, 5.41) is 9.53. The molecule has 2 heterocycles. The second-order valence-corrected chi connectivity index (χ2v) is 6.23. The average Bonchev–Trinajstić information content (AvgIpc) is 2.72. The Bertz CT molecular complexity index is 476. The van der Waals surface area contributed by atoms with Crippen LogP contribution in [0.5, 0.6) is 0 Å². The number of aliphatic hydroxyl groups is 1. The van der Waals surface area contributed by atoms with Gasteiger partial charge in [-0.15, -0.1) is 0 Å². The van der Waals surface area contributed by atoms with Crippen LogP contribution < -0.4 is 0 Å². The van der Waals surface area contributed by atoms with E-state index < -0.39 is 5.92 Å². The zero-order chi connectivity index (χ0) is 14.8. The molecule has 2 bridgehead atoms. The molecule has 3 rings (SSSR count). The third-order valence-corrected chi connectivity index (χ3v) is 5.01. The first-order chi connectivity index (χ1) is 10.2. The summed E-state index contributed by atoms with van der Waals surface area (Å²) in [5.74, 6) is -0.860. The largest absolute Gasteiger partial charge is 0.462 e. The summed E-state index contributed by atoms with van der Waals surface area (Å²) >= 11 is 0. The second kappa shape index (κ2) is 6.16. The lowest BCUT2D eigenvalue weighted by atomic mass is 9.98. The van der Waals surface area contributed by atoms with Crippen molar-refractivity contribution in [2.24, 2.45) is 0 Å². The number of nitrogens with zero attached hydrogens (tertiary/aromatic N) is 1. The molecule has 2 fully saturated rings. The summed E-state index contributed by atoms with van der Waals surface area (Å²) in [6.45, 7) is -0.206. The van der Waals surface area contributed by atoms with Crippen molar-refractivity contribution < 1.29 is 14.6 Å². The Morgan fingerprint density at radius 3 is 2.48 bits per heavy atom. The number of rotatable bonds is 4. The summed E-state index contributed by atoms with van der Waals surface area (Å²) in [7, 11) is 2.17. The van der Waals surface area contributed by atoms with Gasteiger partial charge < -0.3 is 14.7 Å². The summed E-state index contributed by atoms with van der Waals surface area (Å²) in [5.41, 5.74) is 0.820. The molecule has 0 radical (unpaired) electrons. The van der Waals surface area contributed by atoms with Crippen LogP contribution in [0.4, 0.5) is 0 Å². The molecule has 2 saturated heterocycles. The van der Waals surface area contributed by atoms with Gasteiger partial charge in [-0.2, -0.15) is 0 Å². The highest BCUT2D eigenvalue weighted by atomic mass is 16.5. The van der Waals surface area contributed by atoms with Crippen molar-refractivity contribution in [2.75, 3.05) is 13.7 Å². The van der Waals surface area contributed by atoms with Crippen LogP contribution in [-0.4, -0.2) is 47.8 Å². The summed E-state index contributed by atoms with van der Waals surface area (Å²) in [4.78, 5) is 14.8. The van der Waals surface area contributed by atoms with Crippen LogP contribution >= 0.6 is 0 Å². The van der Waals surface area contributed by atoms with Crippen molar-refractivity contribution in [1.82, 2.24) is 4.90 Å². The first-order valence-corrected chi connectivity index (χ1v) is 7.77. The molecule has 4 atom stereocenters. The number of hydrogen-bond donors (Lipinski definition) is 1. The van der Waals surface area contributed by atoms with Gasteiger partial charge in [-0.25, -0.2) is 0 Å². The third kappa shape index (κ3) is 2.97. The zero-order valence-electron chi connectivity index (χ0n) is 12.4. The van der Waals surface area contributed by atoms with Gasteiger partial charge in [0.25, 0.3) is 0 Å². The molecule has 2 aliphatic heterocycles. The number of aliphatic hydroxyl groups excluding tert-OH is 1. The molecule has 0 saturated carbocycles. The molecule has 2 aliphatic rings. The van der Waals surface area contributed by atoms with E-state index in [-0.39, 0.29) is 18.7 Å². The number of piperidine rings is 1. The number of hydrogen-bond acceptors (Lipinski definition) is 4. The van der Waals surface area contributed by atoms with Crippen molar-refractivity contribution in [3.05, 3.63) is 35.9 Å². The Balaban J connectivity index is 1.63. The number of ether oxygens (including phenoxy) is 1. The van der Waals surface area contributed by atoms with Gasteiger partial charge in [0.05, 0.1) is 6.61 Å². The van der Waals surface area contributed by atoms with E-state index in [1.54, 1.807) is 0 Å². The minimum atomic E-state index is -0.566. The highest BCUT2D eigenvalue weighted by molar-refractivity contribution is 5.78. The van der Waals surface area contributed by atoms with E-state index in [0.717, 1.165) is 18.4 Å². The number of benzene rings is 1. The molecule has 1 aromatic rings. The first-order valence-electron chi connectivity index (χ1n) is 7.77. The maximum Gasteiger partial charge on any atom is 0.316 e. The molecule has 114 valence electrons. The third-order valence-electron chi connectivity index (χ3n) is 5.01. The fourth-order valence-corrected chi connectivity index (χ4v) is 3.71. The molecule has 0 aromatic heterocycles. The zero-order valence-corrected chi connectivity index (χ0v) is 12.4. The second-order valence-electron chi connectivity index (χ2n) is 6.23. The van der Waals surface area contributed by atoms with Crippen molar-refractivity contribution in [3.63, 3.8) is 0 Å². The smallest absolute Gasteiger partial charge is 0.316 e. The van der Waals surface area contributed by atoms with E-state index in [9.17, 15) is 9.90 Å². The van der Waals surface area contributed by atoms with E-state index in [4.69, 9.17) is 4.74 Å². The first kappa shape index (κ1) is 14.5. The van der Waals surface area contributed by atoms with Crippen LogP contribution in [0.3, 0.4) is 0 Å². The average molecular weight is 289 g/mol. The van der Waals surface area contributed by atoms with E-state index in [0.29, 0.717) is 12.1 Å². The minimum absolute atomic E-state index is 0.00367. The highest BCUT2D eigenvalue weighted by Crippen LogP contribution is 2.36. The Morgan fingerprint density at radius 2 is 1.90 bits per heavy atom. The van der Waals surface area contributed by atoms with Gasteiger partial charge in [0.2, 0.25) is 0 Å². The molecular formula is C17H23NO3. The Labute approximate surface area is 125 Å². The number of esters is 1. The van der Waals surface area contributed by atoms with Gasteiger partial charge in [0.1, 0.15) is 12.0 Å². The highest BCUT2D eigenvalue weighted by Gasteiger charge is 2.40. The lowest BCUT2D eigenvalue weighted by molar-refractivity contribution is -0.155. The van der Waals surface area contributed by atoms with Crippen molar-refractivity contribution in [2.45, 2.75) is 49.8 Å². The number of fused-ring (bicyclic) bond motifs is 2.